The third kappa shape index (κ3) is 3.40. The van der Waals surface area contributed by atoms with E-state index >= 15 is 0 Å². The quantitative estimate of drug-likeness (QED) is 0.801. The molecule has 5 heteroatoms. The van der Waals surface area contributed by atoms with E-state index in [4.69, 9.17) is 9.47 Å². The van der Waals surface area contributed by atoms with Crippen molar-refractivity contribution >= 4 is 5.97 Å². The van der Waals surface area contributed by atoms with Crippen LogP contribution in [-0.2, 0) is 10.2 Å². The fourth-order valence-corrected chi connectivity index (χ4v) is 2.58. The number of aryl methyl sites for hydroxylation is 2. The number of hydrogen-bond acceptors (Lipinski definition) is 5. The summed E-state index contributed by atoms with van der Waals surface area (Å²) in [5, 5.41) is 0. The average Bonchev–Trinajstić information content (AvgIpc) is 2.52. The summed E-state index contributed by atoms with van der Waals surface area (Å²) in [5.74, 6) is 0.827. The predicted octanol–water partition coefficient (Wildman–Crippen LogP) is 3.85. The molecule has 0 unspecified atom stereocenters. The predicted molar refractivity (Wildman–Crippen MR) is 93.5 cm³/mol. The second kappa shape index (κ2) is 6.59. The molecule has 2 aromatic rings. The maximum Gasteiger partial charge on any atom is 0.341 e. The fourth-order valence-electron chi connectivity index (χ4n) is 2.58. The van der Waals surface area contributed by atoms with Gasteiger partial charge in [0.25, 0.3) is 0 Å². The molecule has 128 valence electrons. The van der Waals surface area contributed by atoms with Gasteiger partial charge in [-0.1, -0.05) is 26.8 Å². The first-order chi connectivity index (χ1) is 11.2. The zero-order chi connectivity index (χ0) is 18.1. The van der Waals surface area contributed by atoms with Crippen LogP contribution in [0, 0.1) is 13.8 Å². The molecule has 0 fully saturated rings. The molecule has 0 aliphatic carbocycles. The number of esters is 1. The maximum absolute atomic E-state index is 11.9. The molecule has 0 saturated carbocycles. The fraction of sp³-hybridized carbons (Fsp3) is 0.421. The molecule has 0 spiro atoms. The number of hydrogen-bond donors (Lipinski definition) is 0. The summed E-state index contributed by atoms with van der Waals surface area (Å²) in [6, 6.07) is 6.03. The standard InChI is InChI=1S/C19H24N2O3/c1-11-16(18(22)24-7)12(2)21-17(20-11)14-9-8-13(19(3,4)5)10-15(14)23-6/h8-10H,1-7H3. The molecule has 5 nitrogen and oxygen atoms in total. The Morgan fingerprint density at radius 2 is 1.62 bits per heavy atom. The van der Waals surface area contributed by atoms with E-state index in [-0.39, 0.29) is 5.41 Å². The first kappa shape index (κ1) is 17.9. The van der Waals surface area contributed by atoms with Crippen molar-refractivity contribution in [3.63, 3.8) is 0 Å². The Kier molecular flexibility index (Phi) is 4.92. The highest BCUT2D eigenvalue weighted by atomic mass is 16.5. The number of benzene rings is 1. The Morgan fingerprint density at radius 1 is 1.04 bits per heavy atom. The minimum absolute atomic E-state index is 0.0211. The smallest absolute Gasteiger partial charge is 0.341 e. The Morgan fingerprint density at radius 3 is 2.08 bits per heavy atom. The molecule has 2 rings (SSSR count). The molecule has 1 aromatic heterocycles. The molecule has 0 aliphatic heterocycles. The molecule has 24 heavy (non-hydrogen) atoms. The van der Waals surface area contributed by atoms with Crippen LogP contribution in [0.25, 0.3) is 11.4 Å². The SMILES string of the molecule is COC(=O)c1c(C)nc(-c2ccc(C(C)(C)C)cc2OC)nc1C. The number of rotatable bonds is 3. The van der Waals surface area contributed by atoms with Crippen LogP contribution in [0.4, 0.5) is 0 Å². The van der Waals surface area contributed by atoms with Gasteiger partial charge in [-0.3, -0.25) is 0 Å². The van der Waals surface area contributed by atoms with E-state index in [1.807, 2.05) is 12.1 Å². The van der Waals surface area contributed by atoms with E-state index in [2.05, 4.69) is 36.8 Å². The van der Waals surface area contributed by atoms with Gasteiger partial charge in [0, 0.05) is 0 Å². The van der Waals surface area contributed by atoms with E-state index in [1.54, 1.807) is 21.0 Å². The highest BCUT2D eigenvalue weighted by Gasteiger charge is 2.20. The molecular weight excluding hydrogens is 304 g/mol. The zero-order valence-electron chi connectivity index (χ0n) is 15.4. The summed E-state index contributed by atoms with van der Waals surface area (Å²) in [4.78, 5) is 20.8. The maximum atomic E-state index is 11.9. The third-order valence-electron chi connectivity index (χ3n) is 3.97. The monoisotopic (exact) mass is 328 g/mol. The lowest BCUT2D eigenvalue weighted by Gasteiger charge is -2.21. The summed E-state index contributed by atoms with van der Waals surface area (Å²) in [5.41, 5.74) is 3.58. The van der Waals surface area contributed by atoms with Crippen LogP contribution in [0.15, 0.2) is 18.2 Å². The van der Waals surface area contributed by atoms with Gasteiger partial charge in [0.1, 0.15) is 11.3 Å². The lowest BCUT2D eigenvalue weighted by molar-refractivity contribution is 0.0598. The molecule has 0 radical (unpaired) electrons. The Labute approximate surface area is 143 Å². The number of methoxy groups -OCH3 is 2. The average molecular weight is 328 g/mol. The number of carbonyl (C=O) groups is 1. The first-order valence-electron chi connectivity index (χ1n) is 7.81. The molecule has 0 amide bonds. The van der Waals surface area contributed by atoms with Crippen molar-refractivity contribution in [3.8, 4) is 17.1 Å². The van der Waals surface area contributed by atoms with Crippen molar-refractivity contribution < 1.29 is 14.3 Å². The number of carbonyl (C=O) groups excluding carboxylic acids is 1. The van der Waals surface area contributed by atoms with Gasteiger partial charge >= 0.3 is 5.97 Å². The minimum atomic E-state index is -0.424. The largest absolute Gasteiger partial charge is 0.496 e. The number of aromatic nitrogens is 2. The van der Waals surface area contributed by atoms with Crippen molar-refractivity contribution in [1.29, 1.82) is 0 Å². The lowest BCUT2D eigenvalue weighted by Crippen LogP contribution is -2.12. The Bertz CT molecular complexity index is 754. The van der Waals surface area contributed by atoms with Gasteiger partial charge in [-0.2, -0.15) is 0 Å². The van der Waals surface area contributed by atoms with Crippen LogP contribution < -0.4 is 4.74 Å². The van der Waals surface area contributed by atoms with E-state index in [0.29, 0.717) is 28.5 Å². The lowest BCUT2D eigenvalue weighted by atomic mass is 9.86. The van der Waals surface area contributed by atoms with Crippen LogP contribution in [0.5, 0.6) is 5.75 Å². The van der Waals surface area contributed by atoms with Gasteiger partial charge in [0.2, 0.25) is 0 Å². The molecule has 0 aliphatic rings. The van der Waals surface area contributed by atoms with E-state index < -0.39 is 5.97 Å². The third-order valence-corrected chi connectivity index (χ3v) is 3.97. The van der Waals surface area contributed by atoms with Crippen molar-refractivity contribution in [1.82, 2.24) is 9.97 Å². The molecule has 1 aromatic carbocycles. The Balaban J connectivity index is 2.59. The van der Waals surface area contributed by atoms with Crippen molar-refractivity contribution in [2.24, 2.45) is 0 Å². The molecule has 1 heterocycles. The minimum Gasteiger partial charge on any atom is -0.496 e. The van der Waals surface area contributed by atoms with Crippen LogP contribution in [0.3, 0.4) is 0 Å². The van der Waals surface area contributed by atoms with E-state index in [0.717, 1.165) is 5.56 Å². The molecule has 0 saturated heterocycles. The summed E-state index contributed by atoms with van der Waals surface area (Å²) < 4.78 is 10.3. The second-order valence-electron chi connectivity index (χ2n) is 6.75. The normalized spacial score (nSPS) is 11.3. The van der Waals surface area contributed by atoms with Crippen molar-refractivity contribution in [3.05, 3.63) is 40.7 Å². The van der Waals surface area contributed by atoms with E-state index in [9.17, 15) is 4.79 Å². The molecule has 0 N–H and O–H groups in total. The number of nitrogens with zero attached hydrogens (tertiary/aromatic N) is 2. The van der Waals surface area contributed by atoms with Gasteiger partial charge in [-0.15, -0.1) is 0 Å². The van der Waals surface area contributed by atoms with Crippen LogP contribution >= 0.6 is 0 Å². The molecular formula is C19H24N2O3. The van der Waals surface area contributed by atoms with Crippen LogP contribution in [0.2, 0.25) is 0 Å². The molecule has 0 bridgehead atoms. The number of ether oxygens (including phenoxy) is 2. The van der Waals surface area contributed by atoms with E-state index in [1.165, 1.54) is 12.7 Å². The second-order valence-corrected chi connectivity index (χ2v) is 6.75. The highest BCUT2D eigenvalue weighted by molar-refractivity contribution is 5.91. The van der Waals surface area contributed by atoms with Gasteiger partial charge in [-0.25, -0.2) is 14.8 Å². The van der Waals surface area contributed by atoms with Crippen LogP contribution in [0.1, 0.15) is 48.1 Å². The van der Waals surface area contributed by atoms with Gasteiger partial charge < -0.3 is 9.47 Å². The van der Waals surface area contributed by atoms with Gasteiger partial charge in [-0.05, 0) is 37.0 Å². The summed E-state index contributed by atoms with van der Waals surface area (Å²) in [6.07, 6.45) is 0. The molecule has 0 atom stereocenters. The van der Waals surface area contributed by atoms with Crippen molar-refractivity contribution in [2.75, 3.05) is 14.2 Å². The summed E-state index contributed by atoms with van der Waals surface area (Å²) >= 11 is 0. The zero-order valence-corrected chi connectivity index (χ0v) is 15.4. The summed E-state index contributed by atoms with van der Waals surface area (Å²) in [7, 11) is 2.98. The van der Waals surface area contributed by atoms with Gasteiger partial charge in [0.15, 0.2) is 5.82 Å². The summed E-state index contributed by atoms with van der Waals surface area (Å²) in [6.45, 7) is 10.0. The first-order valence-corrected chi connectivity index (χ1v) is 7.81. The van der Waals surface area contributed by atoms with Gasteiger partial charge in [0.05, 0.1) is 31.2 Å². The topological polar surface area (TPSA) is 61.3 Å². The van der Waals surface area contributed by atoms with Crippen LogP contribution in [-0.4, -0.2) is 30.2 Å². The Hall–Kier alpha value is -2.43. The van der Waals surface area contributed by atoms with Crippen molar-refractivity contribution in [2.45, 2.75) is 40.0 Å². The highest BCUT2D eigenvalue weighted by Crippen LogP contribution is 2.33.